The van der Waals surface area contributed by atoms with Crippen LogP contribution in [0, 0.1) is 0 Å². The highest BCUT2D eigenvalue weighted by molar-refractivity contribution is 5.83. The van der Waals surface area contributed by atoms with Crippen molar-refractivity contribution in [2.24, 2.45) is 5.73 Å². The van der Waals surface area contributed by atoms with E-state index in [2.05, 4.69) is 5.32 Å². The molecule has 5 nitrogen and oxygen atoms in total. The van der Waals surface area contributed by atoms with Crippen molar-refractivity contribution in [1.82, 2.24) is 10.2 Å². The first kappa shape index (κ1) is 15.5. The Morgan fingerprint density at radius 1 is 1.19 bits per heavy atom. The van der Waals surface area contributed by atoms with Crippen LogP contribution in [-0.2, 0) is 16.0 Å². The lowest BCUT2D eigenvalue weighted by Crippen LogP contribution is -2.43. The van der Waals surface area contributed by atoms with E-state index < -0.39 is 6.04 Å². The Hall–Kier alpha value is -1.88. The summed E-state index contributed by atoms with van der Waals surface area (Å²) in [6, 6.07) is 9.10. The summed E-state index contributed by atoms with van der Waals surface area (Å²) in [5, 5.41) is 2.75. The van der Waals surface area contributed by atoms with Gasteiger partial charge in [0.1, 0.15) is 0 Å². The monoisotopic (exact) mass is 289 g/mol. The fourth-order valence-electron chi connectivity index (χ4n) is 2.51. The normalized spacial score (nSPS) is 15.8. The zero-order valence-electron chi connectivity index (χ0n) is 12.3. The number of benzene rings is 1. The number of carbonyl (C=O) groups is 2. The summed E-state index contributed by atoms with van der Waals surface area (Å²) in [5.41, 5.74) is 6.92. The SMILES string of the molecule is NC(Cc1ccccc1)C(=O)NCCC(=O)N1CCCC1. The van der Waals surface area contributed by atoms with Crippen molar-refractivity contribution in [1.29, 1.82) is 0 Å². The van der Waals surface area contributed by atoms with Gasteiger partial charge in [0.05, 0.1) is 6.04 Å². The molecular weight excluding hydrogens is 266 g/mol. The van der Waals surface area contributed by atoms with Gasteiger partial charge in [-0.05, 0) is 24.8 Å². The summed E-state index contributed by atoms with van der Waals surface area (Å²) in [6.45, 7) is 2.05. The van der Waals surface area contributed by atoms with Crippen molar-refractivity contribution in [3.05, 3.63) is 35.9 Å². The van der Waals surface area contributed by atoms with Crippen molar-refractivity contribution >= 4 is 11.8 Å². The molecule has 1 atom stereocenters. The topological polar surface area (TPSA) is 75.4 Å². The Bertz CT molecular complexity index is 470. The third-order valence-electron chi connectivity index (χ3n) is 3.73. The van der Waals surface area contributed by atoms with Gasteiger partial charge in [0.25, 0.3) is 0 Å². The van der Waals surface area contributed by atoms with Gasteiger partial charge >= 0.3 is 0 Å². The van der Waals surface area contributed by atoms with Crippen LogP contribution in [-0.4, -0.2) is 42.4 Å². The van der Waals surface area contributed by atoms with Gasteiger partial charge in [0.2, 0.25) is 11.8 Å². The molecule has 2 amide bonds. The molecule has 1 heterocycles. The second-order valence-electron chi connectivity index (χ2n) is 5.43. The zero-order chi connectivity index (χ0) is 15.1. The summed E-state index contributed by atoms with van der Waals surface area (Å²) in [6.07, 6.45) is 3.02. The van der Waals surface area contributed by atoms with E-state index in [-0.39, 0.29) is 11.8 Å². The molecule has 0 radical (unpaired) electrons. The molecule has 0 bridgehead atoms. The van der Waals surface area contributed by atoms with Crippen LogP contribution < -0.4 is 11.1 Å². The number of nitrogens with two attached hydrogens (primary N) is 1. The Morgan fingerprint density at radius 3 is 2.52 bits per heavy atom. The minimum absolute atomic E-state index is 0.115. The van der Waals surface area contributed by atoms with Crippen LogP contribution in [0.5, 0.6) is 0 Å². The number of hydrogen-bond donors (Lipinski definition) is 2. The number of rotatable bonds is 6. The number of likely N-dealkylation sites (tertiary alicyclic amines) is 1. The van der Waals surface area contributed by atoms with Gasteiger partial charge in [0, 0.05) is 26.1 Å². The third kappa shape index (κ3) is 4.86. The average Bonchev–Trinajstić information content (AvgIpc) is 3.02. The fourth-order valence-corrected chi connectivity index (χ4v) is 2.51. The molecule has 0 aromatic heterocycles. The van der Waals surface area contributed by atoms with Crippen LogP contribution in [0.1, 0.15) is 24.8 Å². The van der Waals surface area contributed by atoms with Crippen LogP contribution in [0.3, 0.4) is 0 Å². The van der Waals surface area contributed by atoms with E-state index in [4.69, 9.17) is 5.73 Å². The van der Waals surface area contributed by atoms with Gasteiger partial charge in [-0.3, -0.25) is 9.59 Å². The first-order chi connectivity index (χ1) is 10.2. The summed E-state index contributed by atoms with van der Waals surface area (Å²) in [7, 11) is 0. The highest BCUT2D eigenvalue weighted by Gasteiger charge is 2.18. The number of nitrogens with zero attached hydrogens (tertiary/aromatic N) is 1. The van der Waals surface area contributed by atoms with Crippen LogP contribution >= 0.6 is 0 Å². The lowest BCUT2D eigenvalue weighted by Gasteiger charge is -2.16. The molecule has 2 rings (SSSR count). The van der Waals surface area contributed by atoms with Crippen molar-refractivity contribution < 1.29 is 9.59 Å². The van der Waals surface area contributed by atoms with Gasteiger partial charge in [-0.25, -0.2) is 0 Å². The smallest absolute Gasteiger partial charge is 0.237 e. The predicted molar refractivity (Wildman–Crippen MR) is 81.6 cm³/mol. The molecule has 1 aromatic carbocycles. The minimum Gasteiger partial charge on any atom is -0.354 e. The van der Waals surface area contributed by atoms with Gasteiger partial charge in [-0.15, -0.1) is 0 Å². The molecule has 21 heavy (non-hydrogen) atoms. The van der Waals surface area contributed by atoms with Crippen LogP contribution in [0.4, 0.5) is 0 Å². The molecule has 1 fully saturated rings. The lowest BCUT2D eigenvalue weighted by molar-refractivity contribution is -0.130. The zero-order valence-corrected chi connectivity index (χ0v) is 12.3. The molecular formula is C16H23N3O2. The standard InChI is InChI=1S/C16H23N3O2/c17-14(12-13-6-2-1-3-7-13)16(21)18-9-8-15(20)19-10-4-5-11-19/h1-3,6-7,14H,4-5,8-12,17H2,(H,18,21). The van der Waals surface area contributed by atoms with Crippen molar-refractivity contribution in [3.8, 4) is 0 Å². The number of nitrogens with one attached hydrogen (secondary N) is 1. The Labute approximate surface area is 125 Å². The minimum atomic E-state index is -0.575. The molecule has 0 aliphatic carbocycles. The number of amides is 2. The first-order valence-electron chi connectivity index (χ1n) is 7.52. The van der Waals surface area contributed by atoms with E-state index in [1.807, 2.05) is 35.2 Å². The van der Waals surface area contributed by atoms with Gasteiger partial charge in [-0.2, -0.15) is 0 Å². The predicted octanol–water partition coefficient (Wildman–Crippen LogP) is 0.685. The van der Waals surface area contributed by atoms with Crippen LogP contribution in [0.25, 0.3) is 0 Å². The largest absolute Gasteiger partial charge is 0.354 e. The molecule has 1 unspecified atom stereocenters. The summed E-state index contributed by atoms with van der Waals surface area (Å²) in [5.74, 6) is -0.0856. The van der Waals surface area contributed by atoms with Gasteiger partial charge in [-0.1, -0.05) is 30.3 Å². The maximum Gasteiger partial charge on any atom is 0.237 e. The second-order valence-corrected chi connectivity index (χ2v) is 5.43. The highest BCUT2D eigenvalue weighted by Crippen LogP contribution is 2.08. The summed E-state index contributed by atoms with van der Waals surface area (Å²) < 4.78 is 0. The number of hydrogen-bond acceptors (Lipinski definition) is 3. The van der Waals surface area contributed by atoms with Crippen molar-refractivity contribution in [3.63, 3.8) is 0 Å². The van der Waals surface area contributed by atoms with E-state index in [0.717, 1.165) is 31.5 Å². The van der Waals surface area contributed by atoms with E-state index in [0.29, 0.717) is 19.4 Å². The maximum absolute atomic E-state index is 11.9. The van der Waals surface area contributed by atoms with Crippen molar-refractivity contribution in [2.45, 2.75) is 31.7 Å². The second kappa shape index (κ2) is 7.78. The molecule has 3 N–H and O–H groups in total. The van der Waals surface area contributed by atoms with E-state index >= 15 is 0 Å². The highest BCUT2D eigenvalue weighted by atomic mass is 16.2. The van der Waals surface area contributed by atoms with Gasteiger partial charge < -0.3 is 16.0 Å². The molecule has 5 heteroatoms. The Morgan fingerprint density at radius 2 is 1.86 bits per heavy atom. The summed E-state index contributed by atoms with van der Waals surface area (Å²) >= 11 is 0. The Kier molecular flexibility index (Phi) is 5.75. The quantitative estimate of drug-likeness (QED) is 0.809. The molecule has 0 spiro atoms. The van der Waals surface area contributed by atoms with Crippen molar-refractivity contribution in [2.75, 3.05) is 19.6 Å². The first-order valence-corrected chi connectivity index (χ1v) is 7.52. The van der Waals surface area contributed by atoms with Crippen LogP contribution in [0.2, 0.25) is 0 Å². The fraction of sp³-hybridized carbons (Fsp3) is 0.500. The third-order valence-corrected chi connectivity index (χ3v) is 3.73. The molecule has 1 saturated heterocycles. The molecule has 1 aliphatic heterocycles. The molecule has 1 aromatic rings. The maximum atomic E-state index is 11.9. The van der Waals surface area contributed by atoms with Crippen LogP contribution in [0.15, 0.2) is 30.3 Å². The average molecular weight is 289 g/mol. The summed E-state index contributed by atoms with van der Waals surface area (Å²) in [4.78, 5) is 25.6. The molecule has 114 valence electrons. The van der Waals surface area contributed by atoms with E-state index in [1.165, 1.54) is 0 Å². The lowest BCUT2D eigenvalue weighted by atomic mass is 10.1. The van der Waals surface area contributed by atoms with E-state index in [9.17, 15) is 9.59 Å². The van der Waals surface area contributed by atoms with Gasteiger partial charge in [0.15, 0.2) is 0 Å². The number of carbonyl (C=O) groups excluding carboxylic acids is 2. The molecule has 1 aliphatic rings. The molecule has 0 saturated carbocycles. The van der Waals surface area contributed by atoms with E-state index in [1.54, 1.807) is 0 Å². The Balaban J connectivity index is 1.67.